The fourth-order valence-electron chi connectivity index (χ4n) is 3.67. The SMILES string of the molecule is CC(C)[C@@H](NC(=O)c1ccc(CN2C(=O)CNC2=O)cc1)c1ccc2c(c1)OCCO2. The first-order valence-electron chi connectivity index (χ1n) is 10.3. The van der Waals surface area contributed by atoms with Gasteiger partial charge in [0.05, 0.1) is 19.1 Å². The maximum Gasteiger partial charge on any atom is 0.324 e. The van der Waals surface area contributed by atoms with Crippen LogP contribution in [0.3, 0.4) is 0 Å². The second-order valence-corrected chi connectivity index (χ2v) is 7.93. The molecule has 4 amide bonds. The Morgan fingerprint density at radius 3 is 2.42 bits per heavy atom. The summed E-state index contributed by atoms with van der Waals surface area (Å²) in [5, 5.41) is 5.59. The van der Waals surface area contributed by atoms with E-state index < -0.39 is 6.03 Å². The summed E-state index contributed by atoms with van der Waals surface area (Å²) in [5.41, 5.74) is 2.22. The summed E-state index contributed by atoms with van der Waals surface area (Å²) in [6.07, 6.45) is 0. The van der Waals surface area contributed by atoms with Crippen molar-refractivity contribution < 1.29 is 23.9 Å². The first kappa shape index (κ1) is 20.7. The summed E-state index contributed by atoms with van der Waals surface area (Å²) in [4.78, 5) is 37.5. The number of rotatable bonds is 6. The van der Waals surface area contributed by atoms with Gasteiger partial charge in [-0.05, 0) is 41.3 Å². The Labute approximate surface area is 180 Å². The highest BCUT2D eigenvalue weighted by atomic mass is 16.6. The maximum absolute atomic E-state index is 12.9. The molecular weight excluding hydrogens is 398 g/mol. The lowest BCUT2D eigenvalue weighted by molar-refractivity contribution is -0.125. The van der Waals surface area contributed by atoms with E-state index in [1.54, 1.807) is 24.3 Å². The first-order chi connectivity index (χ1) is 14.9. The molecule has 2 aromatic rings. The van der Waals surface area contributed by atoms with Gasteiger partial charge in [-0.25, -0.2) is 4.79 Å². The number of hydrogen-bond acceptors (Lipinski definition) is 5. The van der Waals surface area contributed by atoms with Gasteiger partial charge >= 0.3 is 6.03 Å². The zero-order valence-electron chi connectivity index (χ0n) is 17.5. The summed E-state index contributed by atoms with van der Waals surface area (Å²) in [7, 11) is 0. The number of carbonyl (C=O) groups is 3. The molecule has 1 atom stereocenters. The first-order valence-corrected chi connectivity index (χ1v) is 10.3. The van der Waals surface area contributed by atoms with Crippen LogP contribution in [0.4, 0.5) is 4.79 Å². The third-order valence-electron chi connectivity index (χ3n) is 5.37. The van der Waals surface area contributed by atoms with Crippen LogP contribution >= 0.6 is 0 Å². The second kappa shape index (κ2) is 8.67. The zero-order valence-corrected chi connectivity index (χ0v) is 17.5. The van der Waals surface area contributed by atoms with E-state index in [-0.39, 0.29) is 36.9 Å². The lowest BCUT2D eigenvalue weighted by atomic mass is 9.95. The molecule has 0 saturated carbocycles. The standard InChI is InChI=1S/C23H25N3O5/c1-14(2)21(17-7-8-18-19(11-17)31-10-9-30-18)25-22(28)16-5-3-15(4-6-16)13-26-20(27)12-24-23(26)29/h3-8,11,14,21H,9-10,12-13H2,1-2H3,(H,24,29)(H,25,28)/t21-/m1/s1. The number of ether oxygens (including phenoxy) is 2. The van der Waals surface area contributed by atoms with E-state index in [1.165, 1.54) is 0 Å². The number of hydrogen-bond donors (Lipinski definition) is 2. The monoisotopic (exact) mass is 423 g/mol. The van der Waals surface area contributed by atoms with Gasteiger partial charge < -0.3 is 20.1 Å². The number of benzene rings is 2. The minimum Gasteiger partial charge on any atom is -0.486 e. The number of urea groups is 1. The number of fused-ring (bicyclic) bond motifs is 1. The van der Waals surface area contributed by atoms with Crippen LogP contribution in [0.1, 0.15) is 41.4 Å². The number of carbonyl (C=O) groups excluding carboxylic acids is 3. The quantitative estimate of drug-likeness (QED) is 0.697. The topological polar surface area (TPSA) is 97.0 Å². The maximum atomic E-state index is 12.9. The van der Waals surface area contributed by atoms with Crippen molar-refractivity contribution in [2.75, 3.05) is 19.8 Å². The van der Waals surface area contributed by atoms with Crippen molar-refractivity contribution in [2.24, 2.45) is 5.92 Å². The Morgan fingerprint density at radius 1 is 1.06 bits per heavy atom. The number of nitrogens with zero attached hydrogens (tertiary/aromatic N) is 1. The minimum atomic E-state index is -0.397. The van der Waals surface area contributed by atoms with Crippen molar-refractivity contribution in [3.8, 4) is 11.5 Å². The van der Waals surface area contributed by atoms with Gasteiger partial charge in [-0.15, -0.1) is 0 Å². The third kappa shape index (κ3) is 4.47. The predicted molar refractivity (Wildman–Crippen MR) is 113 cm³/mol. The third-order valence-corrected chi connectivity index (χ3v) is 5.37. The largest absolute Gasteiger partial charge is 0.486 e. The Hall–Kier alpha value is -3.55. The van der Waals surface area contributed by atoms with Crippen molar-refractivity contribution in [1.82, 2.24) is 15.5 Å². The molecule has 0 radical (unpaired) electrons. The summed E-state index contributed by atoms with van der Waals surface area (Å²) >= 11 is 0. The molecule has 2 aliphatic rings. The predicted octanol–water partition coefficient (Wildman–Crippen LogP) is 2.64. The van der Waals surface area contributed by atoms with Crippen molar-refractivity contribution in [3.05, 3.63) is 59.2 Å². The van der Waals surface area contributed by atoms with Gasteiger partial charge in [0.25, 0.3) is 5.91 Å². The molecule has 2 N–H and O–H groups in total. The molecule has 0 unspecified atom stereocenters. The van der Waals surface area contributed by atoms with Crippen LogP contribution in [0.25, 0.3) is 0 Å². The number of amides is 4. The Balaban J connectivity index is 1.45. The molecule has 2 aliphatic heterocycles. The molecule has 4 rings (SSSR count). The van der Waals surface area contributed by atoms with Crippen LogP contribution in [-0.2, 0) is 11.3 Å². The second-order valence-electron chi connectivity index (χ2n) is 7.93. The van der Waals surface area contributed by atoms with Gasteiger partial charge in [-0.3, -0.25) is 14.5 Å². The van der Waals surface area contributed by atoms with Gasteiger partial charge in [0, 0.05) is 5.56 Å². The number of nitrogens with one attached hydrogen (secondary N) is 2. The van der Waals surface area contributed by atoms with E-state index in [9.17, 15) is 14.4 Å². The fraction of sp³-hybridized carbons (Fsp3) is 0.348. The lowest BCUT2D eigenvalue weighted by Gasteiger charge is -2.25. The molecule has 8 nitrogen and oxygen atoms in total. The van der Waals surface area contributed by atoms with Crippen LogP contribution in [0.15, 0.2) is 42.5 Å². The van der Waals surface area contributed by atoms with Crippen molar-refractivity contribution in [1.29, 1.82) is 0 Å². The van der Waals surface area contributed by atoms with E-state index in [4.69, 9.17) is 9.47 Å². The molecule has 0 aromatic heterocycles. The molecule has 0 bridgehead atoms. The van der Waals surface area contributed by atoms with E-state index in [2.05, 4.69) is 10.6 Å². The molecule has 2 aromatic carbocycles. The van der Waals surface area contributed by atoms with Crippen molar-refractivity contribution in [2.45, 2.75) is 26.4 Å². The normalized spacial score (nSPS) is 16.3. The highest BCUT2D eigenvalue weighted by molar-refractivity contribution is 6.01. The highest BCUT2D eigenvalue weighted by Crippen LogP contribution is 2.34. The molecule has 162 valence electrons. The number of imide groups is 1. The van der Waals surface area contributed by atoms with E-state index in [1.807, 2.05) is 32.0 Å². The van der Waals surface area contributed by atoms with Crippen LogP contribution < -0.4 is 20.1 Å². The molecule has 2 heterocycles. The summed E-state index contributed by atoms with van der Waals surface area (Å²) in [6, 6.07) is 12.0. The van der Waals surface area contributed by atoms with Gasteiger partial charge in [0.2, 0.25) is 5.91 Å². The van der Waals surface area contributed by atoms with Crippen LogP contribution in [0.2, 0.25) is 0 Å². The van der Waals surface area contributed by atoms with E-state index in [0.29, 0.717) is 30.3 Å². The summed E-state index contributed by atoms with van der Waals surface area (Å²) in [6.45, 7) is 5.33. The van der Waals surface area contributed by atoms with Gasteiger partial charge in [-0.1, -0.05) is 32.0 Å². The minimum absolute atomic E-state index is 0.0236. The Kier molecular flexibility index (Phi) is 5.79. The molecule has 8 heteroatoms. The highest BCUT2D eigenvalue weighted by Gasteiger charge is 2.28. The molecule has 0 aliphatic carbocycles. The molecule has 1 fully saturated rings. The van der Waals surface area contributed by atoms with E-state index in [0.717, 1.165) is 16.0 Å². The van der Waals surface area contributed by atoms with Crippen LogP contribution in [0, 0.1) is 5.92 Å². The van der Waals surface area contributed by atoms with Crippen LogP contribution in [-0.4, -0.2) is 42.5 Å². The lowest BCUT2D eigenvalue weighted by Crippen LogP contribution is -2.32. The summed E-state index contributed by atoms with van der Waals surface area (Å²) < 4.78 is 11.3. The molecule has 1 saturated heterocycles. The van der Waals surface area contributed by atoms with Gasteiger partial charge in [0.15, 0.2) is 11.5 Å². The summed E-state index contributed by atoms with van der Waals surface area (Å²) in [5.74, 6) is 1.10. The molecular formula is C23H25N3O5. The van der Waals surface area contributed by atoms with Crippen LogP contribution in [0.5, 0.6) is 11.5 Å². The smallest absolute Gasteiger partial charge is 0.324 e. The Morgan fingerprint density at radius 2 is 1.77 bits per heavy atom. The van der Waals surface area contributed by atoms with Crippen molar-refractivity contribution in [3.63, 3.8) is 0 Å². The van der Waals surface area contributed by atoms with Crippen molar-refractivity contribution >= 4 is 17.8 Å². The average Bonchev–Trinajstić information content (AvgIpc) is 3.09. The molecule has 31 heavy (non-hydrogen) atoms. The van der Waals surface area contributed by atoms with Gasteiger partial charge in [-0.2, -0.15) is 0 Å². The molecule has 0 spiro atoms. The fourth-order valence-corrected chi connectivity index (χ4v) is 3.67. The van der Waals surface area contributed by atoms with Gasteiger partial charge in [0.1, 0.15) is 13.2 Å². The zero-order chi connectivity index (χ0) is 22.0. The average molecular weight is 423 g/mol. The Bertz CT molecular complexity index is 987. The van der Waals surface area contributed by atoms with E-state index >= 15 is 0 Å².